The molecule has 0 unspecified atom stereocenters. The van der Waals surface area contributed by atoms with Gasteiger partial charge in [-0.1, -0.05) is 35.5 Å². The Balaban J connectivity index is 1.67. The van der Waals surface area contributed by atoms with E-state index >= 15 is 0 Å². The Labute approximate surface area is 152 Å². The Bertz CT molecular complexity index is 864. The third kappa shape index (κ3) is 4.12. The second-order valence-electron chi connectivity index (χ2n) is 6.38. The first-order valence-electron chi connectivity index (χ1n) is 8.18. The zero-order valence-corrected chi connectivity index (χ0v) is 15.4. The topological polar surface area (TPSA) is 102 Å². The molecule has 1 aromatic heterocycles. The minimum atomic E-state index is -3.38. The lowest BCUT2D eigenvalue weighted by molar-refractivity contribution is 0.0917. The van der Waals surface area contributed by atoms with Crippen LogP contribution in [0.3, 0.4) is 0 Å². The molecule has 1 aromatic carbocycles. The molecule has 1 amide bonds. The predicted molar refractivity (Wildman–Crippen MR) is 95.0 cm³/mol. The van der Waals surface area contributed by atoms with Crippen molar-refractivity contribution in [2.24, 2.45) is 5.92 Å². The van der Waals surface area contributed by atoms with E-state index in [9.17, 15) is 13.2 Å². The maximum absolute atomic E-state index is 12.4. The average Bonchev–Trinajstić information content (AvgIpc) is 3.25. The number of hydrogen-bond donors (Lipinski definition) is 1. The number of hydrogen-bond acceptors (Lipinski definition) is 6. The number of sulfonamides is 1. The van der Waals surface area contributed by atoms with Crippen molar-refractivity contribution in [1.82, 2.24) is 14.8 Å². The van der Waals surface area contributed by atoms with Crippen LogP contribution in [-0.2, 0) is 14.8 Å². The number of nitrogens with zero attached hydrogens (tertiary/aromatic N) is 2. The van der Waals surface area contributed by atoms with E-state index in [1.54, 1.807) is 6.07 Å². The highest BCUT2D eigenvalue weighted by molar-refractivity contribution is 7.89. The summed E-state index contributed by atoms with van der Waals surface area (Å²) < 4.78 is 35.9. The van der Waals surface area contributed by atoms with Gasteiger partial charge in [-0.25, -0.2) is 12.7 Å². The van der Waals surface area contributed by atoms with Gasteiger partial charge in [-0.15, -0.1) is 0 Å². The van der Waals surface area contributed by atoms with E-state index in [1.165, 1.54) is 18.4 Å². The van der Waals surface area contributed by atoms with Gasteiger partial charge in [-0.3, -0.25) is 4.79 Å². The number of nitrogens with one attached hydrogen (secondary N) is 1. The van der Waals surface area contributed by atoms with Gasteiger partial charge in [-0.2, -0.15) is 0 Å². The minimum absolute atomic E-state index is 0.0843. The van der Waals surface area contributed by atoms with Crippen LogP contribution in [0.25, 0.3) is 11.3 Å². The van der Waals surface area contributed by atoms with Crippen molar-refractivity contribution >= 4 is 15.9 Å². The number of carbonyl (C=O) groups is 1. The molecule has 8 nitrogen and oxygen atoms in total. The molecule has 1 aliphatic heterocycles. The summed E-state index contributed by atoms with van der Waals surface area (Å²) in [6.07, 6.45) is 0. The first-order chi connectivity index (χ1) is 12.4. The van der Waals surface area contributed by atoms with Crippen molar-refractivity contribution in [1.29, 1.82) is 0 Å². The molecule has 1 fully saturated rings. The fraction of sp³-hybridized carbons (Fsp3) is 0.412. The summed E-state index contributed by atoms with van der Waals surface area (Å²) in [5.41, 5.74) is 0.961. The molecule has 140 valence electrons. The van der Waals surface area contributed by atoms with Crippen LogP contribution in [0.2, 0.25) is 0 Å². The van der Waals surface area contributed by atoms with E-state index in [-0.39, 0.29) is 30.6 Å². The quantitative estimate of drug-likeness (QED) is 0.803. The number of carbonyl (C=O) groups excluding carboxylic acids is 1. The molecule has 2 heterocycles. The normalized spacial score (nSPS) is 20.4. The second-order valence-corrected chi connectivity index (χ2v) is 8.61. The molecule has 0 aliphatic carbocycles. The third-order valence-corrected chi connectivity index (χ3v) is 6.26. The van der Waals surface area contributed by atoms with E-state index in [1.807, 2.05) is 30.3 Å². The van der Waals surface area contributed by atoms with Crippen molar-refractivity contribution in [3.8, 4) is 11.3 Å². The number of aromatic nitrogens is 1. The molecular weight excluding hydrogens is 358 g/mol. The van der Waals surface area contributed by atoms with Crippen molar-refractivity contribution in [2.45, 2.75) is 6.04 Å². The Morgan fingerprint density at radius 2 is 2.00 bits per heavy atom. The summed E-state index contributed by atoms with van der Waals surface area (Å²) in [7, 11) is -0.408. The maximum Gasteiger partial charge on any atom is 0.273 e. The first kappa shape index (κ1) is 18.6. The minimum Gasteiger partial charge on any atom is -0.379 e. The van der Waals surface area contributed by atoms with Gasteiger partial charge in [0.15, 0.2) is 11.5 Å². The molecule has 3 rings (SSSR count). The van der Waals surface area contributed by atoms with Crippen molar-refractivity contribution in [2.75, 3.05) is 33.1 Å². The highest BCUT2D eigenvalue weighted by Crippen LogP contribution is 2.21. The molecule has 26 heavy (non-hydrogen) atoms. The molecule has 0 saturated carbocycles. The zero-order chi connectivity index (χ0) is 18.7. The predicted octanol–water partition coefficient (Wildman–Crippen LogP) is 0.978. The fourth-order valence-corrected chi connectivity index (χ4v) is 3.87. The van der Waals surface area contributed by atoms with Crippen LogP contribution in [0.15, 0.2) is 40.9 Å². The van der Waals surface area contributed by atoms with Crippen LogP contribution in [-0.4, -0.2) is 62.9 Å². The molecule has 2 atom stereocenters. The van der Waals surface area contributed by atoms with E-state index in [0.29, 0.717) is 5.76 Å². The summed E-state index contributed by atoms with van der Waals surface area (Å²) in [5, 5.41) is 6.61. The third-order valence-electron chi connectivity index (χ3n) is 4.30. The van der Waals surface area contributed by atoms with Crippen molar-refractivity contribution in [3.63, 3.8) is 0 Å². The van der Waals surface area contributed by atoms with Crippen LogP contribution < -0.4 is 5.32 Å². The fourth-order valence-electron chi connectivity index (χ4n) is 2.71. The largest absolute Gasteiger partial charge is 0.379 e. The molecule has 2 aromatic rings. The Morgan fingerprint density at radius 1 is 1.27 bits per heavy atom. The van der Waals surface area contributed by atoms with Crippen LogP contribution in [0.5, 0.6) is 0 Å². The Kier molecular flexibility index (Phi) is 5.40. The maximum atomic E-state index is 12.4. The zero-order valence-electron chi connectivity index (χ0n) is 14.6. The van der Waals surface area contributed by atoms with Gasteiger partial charge < -0.3 is 14.6 Å². The lowest BCUT2D eigenvalue weighted by atomic mass is 10.1. The molecule has 1 saturated heterocycles. The van der Waals surface area contributed by atoms with Crippen LogP contribution in [0, 0.1) is 5.92 Å². The summed E-state index contributed by atoms with van der Waals surface area (Å²) in [6.45, 7) is 0.550. The van der Waals surface area contributed by atoms with E-state index in [2.05, 4.69) is 10.5 Å². The molecule has 9 heteroatoms. The van der Waals surface area contributed by atoms with Gasteiger partial charge >= 0.3 is 0 Å². The molecule has 0 bridgehead atoms. The Hall–Kier alpha value is -2.23. The smallest absolute Gasteiger partial charge is 0.273 e. The van der Waals surface area contributed by atoms with Crippen molar-refractivity contribution < 1.29 is 22.5 Å². The molecule has 0 radical (unpaired) electrons. The molecular formula is C17H21N3O5S. The second kappa shape index (κ2) is 7.56. The van der Waals surface area contributed by atoms with Crippen molar-refractivity contribution in [3.05, 3.63) is 42.1 Å². The van der Waals surface area contributed by atoms with Gasteiger partial charge in [0.1, 0.15) is 0 Å². The monoisotopic (exact) mass is 379 g/mol. The molecule has 0 spiro atoms. The lowest BCUT2D eigenvalue weighted by Crippen LogP contribution is -2.43. The van der Waals surface area contributed by atoms with Crippen LogP contribution in [0.1, 0.15) is 10.5 Å². The summed E-state index contributed by atoms with van der Waals surface area (Å²) in [6, 6.07) is 10.5. The van der Waals surface area contributed by atoms with Gasteiger partial charge in [-0.05, 0) is 0 Å². The van der Waals surface area contributed by atoms with Gasteiger partial charge in [0, 0.05) is 31.6 Å². The number of amides is 1. The summed E-state index contributed by atoms with van der Waals surface area (Å²) in [5.74, 6) is -0.324. The molecule has 1 aliphatic rings. The van der Waals surface area contributed by atoms with Gasteiger partial charge in [0.2, 0.25) is 10.0 Å². The first-order valence-corrected chi connectivity index (χ1v) is 9.78. The lowest BCUT2D eigenvalue weighted by Gasteiger charge is -2.20. The Morgan fingerprint density at radius 3 is 2.69 bits per heavy atom. The number of rotatable bonds is 6. The van der Waals surface area contributed by atoms with E-state index < -0.39 is 22.0 Å². The van der Waals surface area contributed by atoms with Gasteiger partial charge in [0.25, 0.3) is 5.91 Å². The highest BCUT2D eigenvalue weighted by Gasteiger charge is 2.34. The van der Waals surface area contributed by atoms with E-state index in [4.69, 9.17) is 9.26 Å². The van der Waals surface area contributed by atoms with Crippen LogP contribution >= 0.6 is 0 Å². The van der Waals surface area contributed by atoms with E-state index in [0.717, 1.165) is 5.56 Å². The highest BCUT2D eigenvalue weighted by atomic mass is 32.2. The van der Waals surface area contributed by atoms with Crippen LogP contribution in [0.4, 0.5) is 0 Å². The summed E-state index contributed by atoms with van der Waals surface area (Å²) in [4.78, 5) is 12.4. The standard InChI is InChI=1S/C17H21N3O5S/c1-20(2)26(22,23)11-13-9-24-10-15(13)18-17(21)14-8-16(25-19-14)12-6-4-3-5-7-12/h3-8,13,15H,9-11H2,1-2H3,(H,18,21)/t13-,15-/m0/s1. The molecule has 1 N–H and O–H groups in total. The average molecular weight is 379 g/mol. The SMILES string of the molecule is CN(C)S(=O)(=O)C[C@@H]1COC[C@@H]1NC(=O)c1cc(-c2ccccc2)on1. The number of ether oxygens (including phenoxy) is 1. The van der Waals surface area contributed by atoms with Gasteiger partial charge in [0.05, 0.1) is 25.0 Å². The number of benzene rings is 1. The summed E-state index contributed by atoms with van der Waals surface area (Å²) >= 11 is 0.